The molecular weight excluding hydrogens is 252 g/mol. The van der Waals surface area contributed by atoms with Crippen LogP contribution >= 0.6 is 0 Å². The van der Waals surface area contributed by atoms with Gasteiger partial charge in [-0.3, -0.25) is 9.48 Å². The first-order valence-corrected chi connectivity index (χ1v) is 6.63. The van der Waals surface area contributed by atoms with Crippen LogP contribution in [0.1, 0.15) is 34.2 Å². The number of nitrogens with one attached hydrogen (secondary N) is 1. The molecule has 1 heterocycles. The second-order valence-corrected chi connectivity index (χ2v) is 4.98. The summed E-state index contributed by atoms with van der Waals surface area (Å²) in [4.78, 5) is 12.3. The molecule has 0 fully saturated rings. The Bertz CT molecular complexity index is 658. The number of nitrogen functional groups attached to an aromatic ring is 1. The molecule has 5 heteroatoms. The number of carbonyl (C=O) groups is 1. The van der Waals surface area contributed by atoms with Crippen molar-refractivity contribution in [2.45, 2.75) is 27.2 Å². The van der Waals surface area contributed by atoms with E-state index in [0.29, 0.717) is 11.4 Å². The van der Waals surface area contributed by atoms with Gasteiger partial charge in [-0.05, 0) is 43.5 Å². The largest absolute Gasteiger partial charge is 0.398 e. The summed E-state index contributed by atoms with van der Waals surface area (Å²) < 4.78 is 1.60. The van der Waals surface area contributed by atoms with Gasteiger partial charge in [0.1, 0.15) is 5.69 Å². The van der Waals surface area contributed by atoms with Crippen LogP contribution in [0.2, 0.25) is 0 Å². The van der Waals surface area contributed by atoms with Gasteiger partial charge in [0, 0.05) is 18.4 Å². The fourth-order valence-electron chi connectivity index (χ4n) is 2.10. The monoisotopic (exact) mass is 272 g/mol. The number of nitrogens with zero attached hydrogens (tertiary/aromatic N) is 2. The van der Waals surface area contributed by atoms with E-state index in [9.17, 15) is 4.79 Å². The van der Waals surface area contributed by atoms with Gasteiger partial charge in [-0.2, -0.15) is 5.10 Å². The molecule has 20 heavy (non-hydrogen) atoms. The molecule has 0 aliphatic carbocycles. The molecule has 5 nitrogen and oxygen atoms in total. The van der Waals surface area contributed by atoms with Crippen molar-refractivity contribution in [3.8, 4) is 0 Å². The maximum atomic E-state index is 12.3. The molecule has 0 atom stereocenters. The summed E-state index contributed by atoms with van der Waals surface area (Å²) in [5.41, 5.74) is 10.7. The average molecular weight is 272 g/mol. The third-order valence-corrected chi connectivity index (χ3v) is 3.39. The van der Waals surface area contributed by atoms with Crippen LogP contribution in [-0.4, -0.2) is 15.7 Å². The van der Waals surface area contributed by atoms with Gasteiger partial charge in [-0.25, -0.2) is 0 Å². The lowest BCUT2D eigenvalue weighted by atomic mass is 10.1. The van der Waals surface area contributed by atoms with Crippen LogP contribution in [0.4, 0.5) is 11.4 Å². The van der Waals surface area contributed by atoms with Crippen LogP contribution in [-0.2, 0) is 13.5 Å². The lowest BCUT2D eigenvalue weighted by Gasteiger charge is -2.11. The van der Waals surface area contributed by atoms with Gasteiger partial charge in [0.2, 0.25) is 0 Å². The Morgan fingerprint density at radius 1 is 1.30 bits per heavy atom. The zero-order valence-electron chi connectivity index (χ0n) is 12.3. The first-order valence-electron chi connectivity index (χ1n) is 6.63. The van der Waals surface area contributed by atoms with Gasteiger partial charge >= 0.3 is 0 Å². The van der Waals surface area contributed by atoms with E-state index in [2.05, 4.69) is 10.4 Å². The summed E-state index contributed by atoms with van der Waals surface area (Å²) >= 11 is 0. The number of benzene rings is 1. The maximum absolute atomic E-state index is 12.3. The van der Waals surface area contributed by atoms with Gasteiger partial charge in [-0.1, -0.05) is 13.0 Å². The summed E-state index contributed by atoms with van der Waals surface area (Å²) in [5, 5.41) is 7.17. The highest BCUT2D eigenvalue weighted by Crippen LogP contribution is 2.22. The molecule has 0 spiro atoms. The van der Waals surface area contributed by atoms with E-state index in [1.807, 2.05) is 32.9 Å². The topological polar surface area (TPSA) is 72.9 Å². The number of carbonyl (C=O) groups excluding carboxylic acids is 1. The van der Waals surface area contributed by atoms with Crippen LogP contribution < -0.4 is 11.1 Å². The summed E-state index contributed by atoms with van der Waals surface area (Å²) in [6.07, 6.45) is 0.803. The van der Waals surface area contributed by atoms with Gasteiger partial charge in [0.05, 0.1) is 5.69 Å². The van der Waals surface area contributed by atoms with Crippen molar-refractivity contribution < 1.29 is 4.79 Å². The predicted molar refractivity (Wildman–Crippen MR) is 80.9 cm³/mol. The van der Waals surface area contributed by atoms with E-state index >= 15 is 0 Å². The SMILES string of the molecule is CCc1cc(C(=O)Nc2cc(N)c(C)cc2C)n(C)n1. The predicted octanol–water partition coefficient (Wildman–Crippen LogP) is 2.43. The lowest BCUT2D eigenvalue weighted by molar-refractivity contribution is 0.101. The average Bonchev–Trinajstić information content (AvgIpc) is 2.77. The number of anilines is 2. The van der Waals surface area contributed by atoms with Crippen molar-refractivity contribution in [3.05, 3.63) is 40.7 Å². The highest BCUT2D eigenvalue weighted by molar-refractivity contribution is 6.03. The standard InChI is InChI=1S/C15H20N4O/c1-5-11-7-14(19(4)18-11)15(20)17-13-8-12(16)9(2)6-10(13)3/h6-8H,5,16H2,1-4H3,(H,17,20). The number of amides is 1. The summed E-state index contributed by atoms with van der Waals surface area (Å²) in [6, 6.07) is 5.56. The fourth-order valence-corrected chi connectivity index (χ4v) is 2.10. The molecule has 3 N–H and O–H groups in total. The molecule has 0 radical (unpaired) electrons. The molecule has 1 amide bonds. The van der Waals surface area contributed by atoms with E-state index in [1.165, 1.54) is 0 Å². The van der Waals surface area contributed by atoms with Crippen LogP contribution in [0.15, 0.2) is 18.2 Å². The minimum Gasteiger partial charge on any atom is -0.398 e. The van der Waals surface area contributed by atoms with Gasteiger partial charge < -0.3 is 11.1 Å². The minimum absolute atomic E-state index is 0.175. The molecule has 0 aliphatic heterocycles. The molecule has 0 saturated carbocycles. The normalized spacial score (nSPS) is 10.6. The Balaban J connectivity index is 2.27. The first kappa shape index (κ1) is 14.1. The number of rotatable bonds is 3. The fraction of sp³-hybridized carbons (Fsp3) is 0.333. The van der Waals surface area contributed by atoms with Crippen molar-refractivity contribution in [3.63, 3.8) is 0 Å². The maximum Gasteiger partial charge on any atom is 0.273 e. The van der Waals surface area contributed by atoms with Gasteiger partial charge in [-0.15, -0.1) is 0 Å². The first-order chi connectivity index (χ1) is 9.42. The van der Waals surface area contributed by atoms with Crippen LogP contribution in [0, 0.1) is 13.8 Å². The molecule has 2 aromatic rings. The molecule has 0 bridgehead atoms. The quantitative estimate of drug-likeness (QED) is 0.843. The molecule has 1 aromatic carbocycles. The molecule has 106 valence electrons. The zero-order chi connectivity index (χ0) is 14.9. The van der Waals surface area contributed by atoms with Crippen LogP contribution in [0.3, 0.4) is 0 Å². The molecule has 0 unspecified atom stereocenters. The molecule has 0 saturated heterocycles. The number of hydrogen-bond acceptors (Lipinski definition) is 3. The minimum atomic E-state index is -0.175. The molecule has 0 aliphatic rings. The van der Waals surface area contributed by atoms with Crippen LogP contribution in [0.5, 0.6) is 0 Å². The van der Waals surface area contributed by atoms with Gasteiger partial charge in [0.15, 0.2) is 0 Å². The Kier molecular flexibility index (Phi) is 3.79. The summed E-state index contributed by atoms with van der Waals surface area (Å²) in [6.45, 7) is 5.90. The highest BCUT2D eigenvalue weighted by Gasteiger charge is 2.14. The van der Waals surface area contributed by atoms with Crippen molar-refractivity contribution in [1.82, 2.24) is 9.78 Å². The Morgan fingerprint density at radius 2 is 2.00 bits per heavy atom. The lowest BCUT2D eigenvalue weighted by Crippen LogP contribution is -2.17. The number of hydrogen-bond donors (Lipinski definition) is 2. The molecular formula is C15H20N4O. The highest BCUT2D eigenvalue weighted by atomic mass is 16.2. The third-order valence-electron chi connectivity index (χ3n) is 3.39. The van der Waals surface area contributed by atoms with E-state index in [4.69, 9.17) is 5.73 Å². The Labute approximate surface area is 118 Å². The van der Waals surface area contributed by atoms with Crippen molar-refractivity contribution in [1.29, 1.82) is 0 Å². The Morgan fingerprint density at radius 3 is 2.60 bits per heavy atom. The Hall–Kier alpha value is -2.30. The van der Waals surface area contributed by atoms with Crippen molar-refractivity contribution in [2.24, 2.45) is 7.05 Å². The van der Waals surface area contributed by atoms with Crippen molar-refractivity contribution >= 4 is 17.3 Å². The number of nitrogens with two attached hydrogens (primary N) is 1. The van der Waals surface area contributed by atoms with Crippen LogP contribution in [0.25, 0.3) is 0 Å². The summed E-state index contributed by atoms with van der Waals surface area (Å²) in [5.74, 6) is -0.175. The summed E-state index contributed by atoms with van der Waals surface area (Å²) in [7, 11) is 1.77. The van der Waals surface area contributed by atoms with Gasteiger partial charge in [0.25, 0.3) is 5.91 Å². The van der Waals surface area contributed by atoms with E-state index < -0.39 is 0 Å². The van der Waals surface area contributed by atoms with E-state index in [-0.39, 0.29) is 5.91 Å². The molecule has 1 aromatic heterocycles. The third kappa shape index (κ3) is 2.66. The smallest absolute Gasteiger partial charge is 0.273 e. The number of aryl methyl sites for hydroxylation is 4. The zero-order valence-corrected chi connectivity index (χ0v) is 12.3. The molecule has 2 rings (SSSR count). The van der Waals surface area contributed by atoms with E-state index in [1.54, 1.807) is 17.8 Å². The second-order valence-electron chi connectivity index (χ2n) is 4.98. The second kappa shape index (κ2) is 5.36. The van der Waals surface area contributed by atoms with Crippen molar-refractivity contribution in [2.75, 3.05) is 11.1 Å². The number of aromatic nitrogens is 2. The van der Waals surface area contributed by atoms with E-state index in [0.717, 1.165) is 28.9 Å².